The van der Waals surface area contributed by atoms with Gasteiger partial charge in [-0.25, -0.2) is 0 Å². The molecule has 0 bridgehead atoms. The molecule has 2 aromatic carbocycles. The third-order valence-electron chi connectivity index (χ3n) is 4.87. The lowest BCUT2D eigenvalue weighted by Crippen LogP contribution is -2.42. The zero-order chi connectivity index (χ0) is 17.6. The highest BCUT2D eigenvalue weighted by Crippen LogP contribution is 2.16. The van der Waals surface area contributed by atoms with Crippen LogP contribution in [0.3, 0.4) is 0 Å². The lowest BCUT2D eigenvalue weighted by molar-refractivity contribution is 0.0691. The Hall–Kier alpha value is -1.88. The van der Waals surface area contributed by atoms with E-state index in [0.717, 1.165) is 43.7 Å². The molecule has 1 aliphatic heterocycles. The van der Waals surface area contributed by atoms with Crippen LogP contribution >= 0.6 is 12.4 Å². The van der Waals surface area contributed by atoms with Crippen molar-refractivity contribution in [2.24, 2.45) is 5.73 Å². The van der Waals surface area contributed by atoms with Gasteiger partial charge in [-0.05, 0) is 36.6 Å². The largest absolute Gasteiger partial charge is 0.335 e. The maximum Gasteiger partial charge on any atom is 0.254 e. The second-order valence-corrected chi connectivity index (χ2v) is 6.82. The van der Waals surface area contributed by atoms with Crippen LogP contribution in [-0.2, 0) is 13.1 Å². The average Bonchev–Trinajstić information content (AvgIpc) is 2.83. The predicted octanol–water partition coefficient (Wildman–Crippen LogP) is 3.30. The van der Waals surface area contributed by atoms with Gasteiger partial charge in [0.15, 0.2) is 0 Å². The van der Waals surface area contributed by atoms with Gasteiger partial charge in [0, 0.05) is 44.3 Å². The van der Waals surface area contributed by atoms with Crippen molar-refractivity contribution >= 4 is 18.3 Å². The van der Waals surface area contributed by atoms with E-state index in [4.69, 9.17) is 5.73 Å². The van der Waals surface area contributed by atoms with Crippen LogP contribution in [0, 0.1) is 0 Å². The summed E-state index contributed by atoms with van der Waals surface area (Å²) < 4.78 is 0. The van der Waals surface area contributed by atoms with Crippen molar-refractivity contribution in [2.75, 3.05) is 19.6 Å². The summed E-state index contributed by atoms with van der Waals surface area (Å²) in [6.45, 7) is 6.33. The van der Waals surface area contributed by atoms with Gasteiger partial charge in [-0.1, -0.05) is 42.5 Å². The third kappa shape index (κ3) is 5.07. The van der Waals surface area contributed by atoms with Gasteiger partial charge in [0.05, 0.1) is 0 Å². The van der Waals surface area contributed by atoms with E-state index in [9.17, 15) is 4.79 Å². The Morgan fingerprint density at radius 3 is 2.38 bits per heavy atom. The molecule has 3 rings (SSSR count). The number of carbonyl (C=O) groups is 1. The molecule has 0 aliphatic carbocycles. The number of halogens is 1. The first-order chi connectivity index (χ1) is 12.2. The van der Waals surface area contributed by atoms with Crippen LogP contribution in [0.2, 0.25) is 0 Å². The number of benzene rings is 2. The van der Waals surface area contributed by atoms with E-state index >= 15 is 0 Å². The van der Waals surface area contributed by atoms with Crippen molar-refractivity contribution in [3.8, 4) is 0 Å². The lowest BCUT2D eigenvalue weighted by atomic mass is 10.1. The van der Waals surface area contributed by atoms with Crippen molar-refractivity contribution in [3.63, 3.8) is 0 Å². The summed E-state index contributed by atoms with van der Waals surface area (Å²) >= 11 is 0. The van der Waals surface area contributed by atoms with Crippen LogP contribution in [0.25, 0.3) is 0 Å². The van der Waals surface area contributed by atoms with Crippen LogP contribution in [-0.4, -0.2) is 41.4 Å². The summed E-state index contributed by atoms with van der Waals surface area (Å²) in [6, 6.07) is 18.4. The van der Waals surface area contributed by atoms with Gasteiger partial charge in [0.1, 0.15) is 0 Å². The quantitative estimate of drug-likeness (QED) is 0.894. The molecule has 5 heteroatoms. The van der Waals surface area contributed by atoms with E-state index in [1.807, 2.05) is 35.2 Å². The molecule has 2 N–H and O–H groups in total. The normalized spacial score (nSPS) is 18.1. The van der Waals surface area contributed by atoms with E-state index < -0.39 is 0 Å². The van der Waals surface area contributed by atoms with Gasteiger partial charge >= 0.3 is 0 Å². The first-order valence-electron chi connectivity index (χ1n) is 9.03. The summed E-state index contributed by atoms with van der Waals surface area (Å²) in [5.74, 6) is 0.123. The smallest absolute Gasteiger partial charge is 0.254 e. The maximum atomic E-state index is 12.9. The Morgan fingerprint density at radius 1 is 1.04 bits per heavy atom. The molecule has 1 saturated heterocycles. The van der Waals surface area contributed by atoms with Crippen LogP contribution < -0.4 is 5.73 Å². The van der Waals surface area contributed by atoms with Gasteiger partial charge < -0.3 is 10.6 Å². The summed E-state index contributed by atoms with van der Waals surface area (Å²) in [4.78, 5) is 17.4. The number of hydrogen-bond acceptors (Lipinski definition) is 3. The van der Waals surface area contributed by atoms with Crippen molar-refractivity contribution in [2.45, 2.75) is 32.5 Å². The molecule has 2 aromatic rings. The number of rotatable bonds is 4. The third-order valence-corrected chi connectivity index (χ3v) is 4.87. The lowest BCUT2D eigenvalue weighted by Gasteiger charge is -2.29. The van der Waals surface area contributed by atoms with Gasteiger partial charge in [0.25, 0.3) is 5.91 Å². The van der Waals surface area contributed by atoms with Crippen molar-refractivity contribution in [1.29, 1.82) is 0 Å². The standard InChI is InChI=1S/C21H27N3O.ClH/c1-17-15-23(16-19-6-3-2-4-7-19)12-5-13-24(17)21(25)20-10-8-18(14-22)9-11-20;/h2-4,6-11,17H,5,12-16,22H2,1H3;1H. The Balaban J connectivity index is 0.00000243. The van der Waals surface area contributed by atoms with Crippen LogP contribution in [0.1, 0.15) is 34.8 Å². The summed E-state index contributed by atoms with van der Waals surface area (Å²) in [5.41, 5.74) is 8.77. The van der Waals surface area contributed by atoms with Gasteiger partial charge in [0.2, 0.25) is 0 Å². The molecule has 4 nitrogen and oxygen atoms in total. The maximum absolute atomic E-state index is 12.9. The minimum atomic E-state index is 0. The highest BCUT2D eigenvalue weighted by Gasteiger charge is 2.26. The SMILES string of the molecule is CC1CN(Cc2ccccc2)CCCN1C(=O)c1ccc(CN)cc1.Cl. The van der Waals surface area contributed by atoms with E-state index in [1.54, 1.807) is 0 Å². The van der Waals surface area contributed by atoms with Gasteiger partial charge in [-0.15, -0.1) is 12.4 Å². The topological polar surface area (TPSA) is 49.6 Å². The molecule has 1 aliphatic rings. The molecule has 1 fully saturated rings. The molecule has 0 radical (unpaired) electrons. The number of hydrogen-bond donors (Lipinski definition) is 1. The summed E-state index contributed by atoms with van der Waals surface area (Å²) in [7, 11) is 0. The summed E-state index contributed by atoms with van der Waals surface area (Å²) in [5, 5.41) is 0. The Morgan fingerprint density at radius 2 is 1.73 bits per heavy atom. The predicted molar refractivity (Wildman–Crippen MR) is 108 cm³/mol. The fraction of sp³-hybridized carbons (Fsp3) is 0.381. The summed E-state index contributed by atoms with van der Waals surface area (Å²) in [6.07, 6.45) is 1.00. The zero-order valence-electron chi connectivity index (χ0n) is 15.3. The van der Waals surface area contributed by atoms with E-state index in [0.29, 0.717) is 6.54 Å². The zero-order valence-corrected chi connectivity index (χ0v) is 16.1. The molecule has 1 amide bonds. The molecule has 0 aromatic heterocycles. The molecule has 1 unspecified atom stereocenters. The van der Waals surface area contributed by atoms with E-state index in [1.165, 1.54) is 5.56 Å². The number of nitrogens with two attached hydrogens (primary N) is 1. The van der Waals surface area contributed by atoms with Crippen LogP contribution in [0.4, 0.5) is 0 Å². The van der Waals surface area contributed by atoms with Gasteiger partial charge in [-0.3, -0.25) is 9.69 Å². The average molecular weight is 374 g/mol. The molecule has 1 atom stereocenters. The van der Waals surface area contributed by atoms with Gasteiger partial charge in [-0.2, -0.15) is 0 Å². The minimum absolute atomic E-state index is 0. The van der Waals surface area contributed by atoms with E-state index in [-0.39, 0.29) is 24.4 Å². The Labute approximate surface area is 162 Å². The molecule has 0 spiro atoms. The number of carbonyl (C=O) groups excluding carboxylic acids is 1. The van der Waals surface area contributed by atoms with Crippen molar-refractivity contribution < 1.29 is 4.79 Å². The highest BCUT2D eigenvalue weighted by molar-refractivity contribution is 5.94. The molecule has 26 heavy (non-hydrogen) atoms. The second-order valence-electron chi connectivity index (χ2n) is 6.82. The molecule has 0 saturated carbocycles. The molecular weight excluding hydrogens is 346 g/mol. The molecule has 1 heterocycles. The number of nitrogens with zero attached hydrogens (tertiary/aromatic N) is 2. The molecule has 140 valence electrons. The molecular formula is C21H28ClN3O. The fourth-order valence-electron chi connectivity index (χ4n) is 3.48. The highest BCUT2D eigenvalue weighted by atomic mass is 35.5. The van der Waals surface area contributed by atoms with Crippen molar-refractivity contribution in [3.05, 3.63) is 71.3 Å². The minimum Gasteiger partial charge on any atom is -0.335 e. The fourth-order valence-corrected chi connectivity index (χ4v) is 3.48. The monoisotopic (exact) mass is 373 g/mol. The first kappa shape index (κ1) is 20.4. The van der Waals surface area contributed by atoms with Crippen molar-refractivity contribution in [1.82, 2.24) is 9.80 Å². The van der Waals surface area contributed by atoms with Crippen LogP contribution in [0.5, 0.6) is 0 Å². The Kier molecular flexibility index (Phi) is 7.64. The number of amides is 1. The Bertz CT molecular complexity index is 690. The first-order valence-corrected chi connectivity index (χ1v) is 9.03. The second kappa shape index (κ2) is 9.72. The van der Waals surface area contributed by atoms with E-state index in [2.05, 4.69) is 36.1 Å². The van der Waals surface area contributed by atoms with Crippen LogP contribution in [0.15, 0.2) is 54.6 Å².